The molecule has 0 aromatic heterocycles. The van der Waals surface area contributed by atoms with Crippen LogP contribution in [-0.2, 0) is 4.79 Å². The Morgan fingerprint density at radius 2 is 1.90 bits per heavy atom. The molecule has 1 amide bonds. The van der Waals surface area contributed by atoms with E-state index in [1.165, 1.54) is 12.1 Å². The summed E-state index contributed by atoms with van der Waals surface area (Å²) in [6, 6.07) is 6.84. The Morgan fingerprint density at radius 3 is 2.43 bits per heavy atom. The molecule has 0 saturated heterocycles. The molecule has 8 heteroatoms. The average Bonchev–Trinajstić information content (AvgIpc) is 2.40. The molecule has 0 spiro atoms. The number of amides is 1. The summed E-state index contributed by atoms with van der Waals surface area (Å²) in [5, 5.41) is 20.5. The van der Waals surface area contributed by atoms with Gasteiger partial charge in [-0.1, -0.05) is 23.2 Å². The van der Waals surface area contributed by atoms with E-state index in [4.69, 9.17) is 39.5 Å². The Hall–Kier alpha value is -1.99. The van der Waals surface area contributed by atoms with E-state index in [9.17, 15) is 4.79 Å². The van der Waals surface area contributed by atoms with Gasteiger partial charge in [-0.25, -0.2) is 0 Å². The summed E-state index contributed by atoms with van der Waals surface area (Å²) in [5.41, 5.74) is 6.32. The number of hydrogen-bond acceptors (Lipinski definition) is 5. The van der Waals surface area contributed by atoms with Gasteiger partial charge in [0, 0.05) is 18.0 Å². The van der Waals surface area contributed by atoms with Crippen molar-refractivity contribution >= 4 is 40.5 Å². The highest BCUT2D eigenvalue weighted by Gasteiger charge is 2.12. The second-order valence-electron chi connectivity index (χ2n) is 4.18. The van der Waals surface area contributed by atoms with E-state index in [1.807, 2.05) is 12.1 Å². The molecule has 0 fully saturated rings. The molecule has 1 rings (SSSR count). The van der Waals surface area contributed by atoms with Crippen LogP contribution in [0, 0.1) is 22.7 Å². The summed E-state index contributed by atoms with van der Waals surface area (Å²) >= 11 is 11.8. The Morgan fingerprint density at radius 1 is 1.29 bits per heavy atom. The number of hydrogen-bond donors (Lipinski definition) is 2. The van der Waals surface area contributed by atoms with Crippen molar-refractivity contribution in [3.8, 4) is 12.1 Å². The van der Waals surface area contributed by atoms with Crippen molar-refractivity contribution in [2.24, 2.45) is 0 Å². The molecule has 0 aliphatic carbocycles. The lowest BCUT2D eigenvalue weighted by molar-refractivity contribution is -0.116. The number of carbonyl (C=O) groups excluding carboxylic acids is 1. The lowest BCUT2D eigenvalue weighted by Gasteiger charge is -2.15. The molecule has 110 valence electrons. The van der Waals surface area contributed by atoms with Crippen molar-refractivity contribution in [2.45, 2.75) is 6.42 Å². The monoisotopic (exact) mass is 325 g/mol. The second kappa shape index (κ2) is 8.33. The third-order valence-corrected chi connectivity index (χ3v) is 3.11. The van der Waals surface area contributed by atoms with Gasteiger partial charge < -0.3 is 11.1 Å². The van der Waals surface area contributed by atoms with Gasteiger partial charge >= 0.3 is 0 Å². The fraction of sp³-hybridized carbons (Fsp3) is 0.308. The molecule has 0 aliphatic heterocycles. The first kappa shape index (κ1) is 17.1. The van der Waals surface area contributed by atoms with Crippen LogP contribution in [0.15, 0.2) is 12.1 Å². The fourth-order valence-electron chi connectivity index (χ4n) is 1.60. The van der Waals surface area contributed by atoms with Crippen molar-refractivity contribution in [2.75, 3.05) is 30.7 Å². The van der Waals surface area contributed by atoms with E-state index in [1.54, 1.807) is 4.90 Å². The van der Waals surface area contributed by atoms with Crippen molar-refractivity contribution in [3.63, 3.8) is 0 Å². The minimum Gasteiger partial charge on any atom is -0.397 e. The summed E-state index contributed by atoms with van der Waals surface area (Å²) in [7, 11) is 0. The quantitative estimate of drug-likeness (QED) is 0.616. The number of nitrogens with zero attached hydrogens (tertiary/aromatic N) is 3. The van der Waals surface area contributed by atoms with Gasteiger partial charge in [0.2, 0.25) is 5.91 Å². The Balaban J connectivity index is 2.63. The number of benzene rings is 1. The first-order chi connectivity index (χ1) is 9.97. The van der Waals surface area contributed by atoms with E-state index in [2.05, 4.69) is 5.32 Å². The van der Waals surface area contributed by atoms with E-state index in [-0.39, 0.29) is 42.7 Å². The summed E-state index contributed by atoms with van der Waals surface area (Å²) in [5.74, 6) is -0.313. The van der Waals surface area contributed by atoms with Crippen LogP contribution in [0.25, 0.3) is 0 Å². The average molecular weight is 326 g/mol. The normalized spacial score (nSPS) is 9.95. The molecule has 0 aliphatic rings. The van der Waals surface area contributed by atoms with Crippen LogP contribution < -0.4 is 11.1 Å². The molecule has 0 heterocycles. The van der Waals surface area contributed by atoms with Crippen LogP contribution in [0.2, 0.25) is 10.0 Å². The molecule has 0 saturated carbocycles. The van der Waals surface area contributed by atoms with Gasteiger partial charge in [0.05, 0.1) is 41.6 Å². The molecule has 21 heavy (non-hydrogen) atoms. The molecule has 3 N–H and O–H groups in total. The van der Waals surface area contributed by atoms with Crippen LogP contribution in [0.1, 0.15) is 6.42 Å². The first-order valence-electron chi connectivity index (χ1n) is 5.98. The summed E-state index contributed by atoms with van der Waals surface area (Å²) in [6.45, 7) is 0.466. The number of nitrogen functional groups attached to an aromatic ring is 1. The molecule has 0 unspecified atom stereocenters. The number of halogens is 2. The van der Waals surface area contributed by atoms with Crippen molar-refractivity contribution in [1.82, 2.24) is 4.90 Å². The predicted molar refractivity (Wildman–Crippen MR) is 81.8 cm³/mol. The maximum atomic E-state index is 11.9. The molecule has 1 aromatic carbocycles. The number of nitriles is 2. The lowest BCUT2D eigenvalue weighted by atomic mass is 10.2. The van der Waals surface area contributed by atoms with Crippen LogP contribution >= 0.6 is 23.2 Å². The highest BCUT2D eigenvalue weighted by Crippen LogP contribution is 2.32. The summed E-state index contributed by atoms with van der Waals surface area (Å²) in [4.78, 5) is 13.4. The van der Waals surface area contributed by atoms with Gasteiger partial charge in [-0.05, 0) is 12.1 Å². The van der Waals surface area contributed by atoms with Crippen LogP contribution in [0.5, 0.6) is 0 Å². The van der Waals surface area contributed by atoms with Crippen molar-refractivity contribution < 1.29 is 4.79 Å². The van der Waals surface area contributed by atoms with Crippen LogP contribution in [0.3, 0.4) is 0 Å². The molecule has 0 bridgehead atoms. The van der Waals surface area contributed by atoms with Gasteiger partial charge in [0.25, 0.3) is 0 Å². The maximum absolute atomic E-state index is 11.9. The predicted octanol–water partition coefficient (Wildman–Crippen LogP) is 2.25. The highest BCUT2D eigenvalue weighted by molar-refractivity contribution is 6.37. The minimum absolute atomic E-state index is 0.0880. The lowest BCUT2D eigenvalue weighted by Crippen LogP contribution is -2.28. The molecule has 6 nitrogen and oxygen atoms in total. The molecule has 0 radical (unpaired) electrons. The number of rotatable bonds is 6. The Bertz CT molecular complexity index is 567. The minimum atomic E-state index is -0.313. The zero-order chi connectivity index (χ0) is 15.8. The zero-order valence-electron chi connectivity index (χ0n) is 11.1. The highest BCUT2D eigenvalue weighted by atomic mass is 35.5. The third-order valence-electron chi connectivity index (χ3n) is 2.59. The van der Waals surface area contributed by atoms with Gasteiger partial charge in [0.1, 0.15) is 0 Å². The standard InChI is InChI=1S/C13H13Cl2N5O/c14-9-7-10(15)13(11(18)8-9)19-12(21)1-4-20(5-2-16)6-3-17/h7-8H,1,4-6,18H2,(H,19,21). The van der Waals surface area contributed by atoms with Crippen LogP contribution in [0.4, 0.5) is 11.4 Å². The topological polar surface area (TPSA) is 106 Å². The van der Waals surface area contributed by atoms with E-state index >= 15 is 0 Å². The summed E-state index contributed by atoms with van der Waals surface area (Å²) in [6.07, 6.45) is 0.113. The van der Waals surface area contributed by atoms with Crippen molar-refractivity contribution in [3.05, 3.63) is 22.2 Å². The van der Waals surface area contributed by atoms with E-state index in [0.29, 0.717) is 10.7 Å². The zero-order valence-corrected chi connectivity index (χ0v) is 12.6. The summed E-state index contributed by atoms with van der Waals surface area (Å²) < 4.78 is 0. The Labute approximate surface area is 132 Å². The van der Waals surface area contributed by atoms with Gasteiger partial charge in [-0.3, -0.25) is 9.69 Å². The smallest absolute Gasteiger partial charge is 0.225 e. The first-order valence-corrected chi connectivity index (χ1v) is 6.74. The van der Waals surface area contributed by atoms with Gasteiger partial charge in [0.15, 0.2) is 0 Å². The Kier molecular flexibility index (Phi) is 6.77. The maximum Gasteiger partial charge on any atom is 0.225 e. The molecular formula is C13H13Cl2N5O. The second-order valence-corrected chi connectivity index (χ2v) is 5.02. The molecular weight excluding hydrogens is 313 g/mol. The third kappa shape index (κ3) is 5.49. The van der Waals surface area contributed by atoms with E-state index < -0.39 is 0 Å². The van der Waals surface area contributed by atoms with Crippen LogP contribution in [-0.4, -0.2) is 30.4 Å². The SMILES string of the molecule is N#CCN(CC#N)CCC(=O)Nc1c(N)cc(Cl)cc1Cl. The largest absolute Gasteiger partial charge is 0.397 e. The number of nitrogens with one attached hydrogen (secondary N) is 1. The molecule has 1 aromatic rings. The van der Waals surface area contributed by atoms with Crippen molar-refractivity contribution in [1.29, 1.82) is 10.5 Å². The fourth-order valence-corrected chi connectivity index (χ4v) is 2.16. The molecule has 0 atom stereocenters. The number of carbonyl (C=O) groups is 1. The number of anilines is 2. The van der Waals surface area contributed by atoms with Gasteiger partial charge in [-0.15, -0.1) is 0 Å². The number of nitrogens with two attached hydrogens (primary N) is 1. The van der Waals surface area contributed by atoms with Gasteiger partial charge in [-0.2, -0.15) is 10.5 Å². The van der Waals surface area contributed by atoms with E-state index in [0.717, 1.165) is 0 Å².